The second-order valence-electron chi connectivity index (χ2n) is 6.23. The normalized spacial score (nSPS) is 19.9. The van der Waals surface area contributed by atoms with Gasteiger partial charge in [-0.2, -0.15) is 0 Å². The zero-order valence-electron chi connectivity index (χ0n) is 13.2. The van der Waals surface area contributed by atoms with E-state index in [-0.39, 0.29) is 0 Å². The molecule has 0 bridgehead atoms. The molecule has 1 fully saturated rings. The van der Waals surface area contributed by atoms with Crippen LogP contribution in [0.4, 0.5) is 5.69 Å². The van der Waals surface area contributed by atoms with Crippen molar-refractivity contribution in [1.82, 2.24) is 0 Å². The van der Waals surface area contributed by atoms with Gasteiger partial charge in [-0.3, -0.25) is 0 Å². The van der Waals surface area contributed by atoms with Crippen LogP contribution in [0.2, 0.25) is 0 Å². The Bertz CT molecular complexity index is 414. The second kappa shape index (κ2) is 7.68. The molecule has 1 aromatic carbocycles. The van der Waals surface area contributed by atoms with Gasteiger partial charge in [-0.05, 0) is 62.3 Å². The van der Waals surface area contributed by atoms with Gasteiger partial charge in [-0.15, -0.1) is 0 Å². The summed E-state index contributed by atoms with van der Waals surface area (Å²) in [7, 11) is 0. The van der Waals surface area contributed by atoms with Gasteiger partial charge in [-0.1, -0.05) is 31.9 Å². The number of aryl methyl sites for hydroxylation is 1. The highest BCUT2D eigenvalue weighted by molar-refractivity contribution is 5.54. The summed E-state index contributed by atoms with van der Waals surface area (Å²) in [5.74, 6) is 0.946. The summed E-state index contributed by atoms with van der Waals surface area (Å²) in [6.07, 6.45) is 7.83. The van der Waals surface area contributed by atoms with E-state index in [4.69, 9.17) is 5.73 Å². The first kappa shape index (κ1) is 15.4. The highest BCUT2D eigenvalue weighted by Gasteiger charge is 2.17. The molecule has 2 N–H and O–H groups in total. The Balaban J connectivity index is 2.03. The van der Waals surface area contributed by atoms with Crippen LogP contribution in [0.3, 0.4) is 0 Å². The lowest BCUT2D eigenvalue weighted by Gasteiger charge is -2.25. The minimum absolute atomic E-state index is 0.737. The molecule has 0 aliphatic carbocycles. The molecule has 1 atom stereocenters. The van der Waals surface area contributed by atoms with Crippen molar-refractivity contribution in [3.8, 4) is 0 Å². The quantitative estimate of drug-likeness (QED) is 0.882. The summed E-state index contributed by atoms with van der Waals surface area (Å²) in [6, 6.07) is 6.88. The Kier molecular flexibility index (Phi) is 5.90. The van der Waals surface area contributed by atoms with Gasteiger partial charge in [0.15, 0.2) is 0 Å². The van der Waals surface area contributed by atoms with Crippen molar-refractivity contribution in [2.75, 3.05) is 24.5 Å². The van der Waals surface area contributed by atoms with Crippen molar-refractivity contribution in [2.24, 2.45) is 11.7 Å². The summed E-state index contributed by atoms with van der Waals surface area (Å²) in [6.45, 7) is 7.73. The van der Waals surface area contributed by atoms with Gasteiger partial charge in [0, 0.05) is 18.8 Å². The SMILES string of the molecule is CCCC1CCCN(c2ccc(CCN)cc2C)CC1. The topological polar surface area (TPSA) is 29.3 Å². The predicted molar refractivity (Wildman–Crippen MR) is 88.4 cm³/mol. The maximum Gasteiger partial charge on any atom is 0.0396 e. The molecule has 1 aromatic rings. The van der Waals surface area contributed by atoms with Gasteiger partial charge in [0.25, 0.3) is 0 Å². The fourth-order valence-corrected chi connectivity index (χ4v) is 3.50. The van der Waals surface area contributed by atoms with Gasteiger partial charge in [0.2, 0.25) is 0 Å². The van der Waals surface area contributed by atoms with E-state index in [1.54, 1.807) is 0 Å². The summed E-state index contributed by atoms with van der Waals surface area (Å²) >= 11 is 0. The third kappa shape index (κ3) is 3.99. The zero-order chi connectivity index (χ0) is 14.4. The fraction of sp³-hybridized carbons (Fsp3) is 0.667. The van der Waals surface area contributed by atoms with E-state index in [2.05, 4.69) is 36.9 Å². The van der Waals surface area contributed by atoms with Crippen LogP contribution in [0, 0.1) is 12.8 Å². The largest absolute Gasteiger partial charge is 0.371 e. The average Bonchev–Trinajstić information content (AvgIpc) is 2.66. The van der Waals surface area contributed by atoms with E-state index in [1.165, 1.54) is 62.0 Å². The van der Waals surface area contributed by atoms with Crippen LogP contribution in [-0.2, 0) is 6.42 Å². The molecule has 0 radical (unpaired) electrons. The third-order valence-electron chi connectivity index (χ3n) is 4.58. The smallest absolute Gasteiger partial charge is 0.0396 e. The van der Waals surface area contributed by atoms with Gasteiger partial charge in [0.05, 0.1) is 0 Å². The molecule has 0 spiro atoms. The van der Waals surface area contributed by atoms with Crippen molar-refractivity contribution in [3.63, 3.8) is 0 Å². The van der Waals surface area contributed by atoms with Gasteiger partial charge in [0.1, 0.15) is 0 Å². The maximum absolute atomic E-state index is 5.65. The first-order chi connectivity index (χ1) is 9.74. The summed E-state index contributed by atoms with van der Waals surface area (Å²) < 4.78 is 0. The van der Waals surface area contributed by atoms with Gasteiger partial charge >= 0.3 is 0 Å². The Hall–Kier alpha value is -1.02. The lowest BCUT2D eigenvalue weighted by Crippen LogP contribution is -2.25. The van der Waals surface area contributed by atoms with Crippen LogP contribution in [-0.4, -0.2) is 19.6 Å². The molecule has 2 nitrogen and oxygen atoms in total. The molecule has 1 aliphatic heterocycles. The molecule has 20 heavy (non-hydrogen) atoms. The van der Waals surface area contributed by atoms with Crippen molar-refractivity contribution in [2.45, 2.75) is 52.4 Å². The van der Waals surface area contributed by atoms with Gasteiger partial charge in [-0.25, -0.2) is 0 Å². The molecule has 0 aromatic heterocycles. The number of benzene rings is 1. The van der Waals surface area contributed by atoms with Crippen molar-refractivity contribution in [3.05, 3.63) is 29.3 Å². The first-order valence-electron chi connectivity index (χ1n) is 8.29. The Morgan fingerprint density at radius 1 is 1.25 bits per heavy atom. The number of hydrogen-bond acceptors (Lipinski definition) is 2. The third-order valence-corrected chi connectivity index (χ3v) is 4.58. The Morgan fingerprint density at radius 3 is 2.80 bits per heavy atom. The molecule has 0 amide bonds. The number of anilines is 1. The molecule has 1 saturated heterocycles. The number of nitrogens with two attached hydrogens (primary N) is 1. The van der Waals surface area contributed by atoms with Crippen LogP contribution in [0.5, 0.6) is 0 Å². The Labute approximate surface area is 124 Å². The van der Waals surface area contributed by atoms with Crippen LogP contribution in [0.1, 0.15) is 50.2 Å². The molecule has 2 heteroatoms. The molecule has 1 heterocycles. The number of rotatable bonds is 5. The van der Waals surface area contributed by atoms with Crippen LogP contribution in [0.15, 0.2) is 18.2 Å². The van der Waals surface area contributed by atoms with E-state index in [9.17, 15) is 0 Å². The molecule has 0 saturated carbocycles. The lowest BCUT2D eigenvalue weighted by molar-refractivity contribution is 0.435. The van der Waals surface area contributed by atoms with E-state index in [0.29, 0.717) is 0 Å². The van der Waals surface area contributed by atoms with E-state index in [0.717, 1.165) is 18.9 Å². The molecular formula is C18H30N2. The molecule has 112 valence electrons. The van der Waals surface area contributed by atoms with Gasteiger partial charge < -0.3 is 10.6 Å². The van der Waals surface area contributed by atoms with E-state index in [1.807, 2.05) is 0 Å². The monoisotopic (exact) mass is 274 g/mol. The molecule has 2 rings (SSSR count). The minimum atomic E-state index is 0.737. The number of hydrogen-bond donors (Lipinski definition) is 1. The maximum atomic E-state index is 5.65. The standard InChI is InChI=1S/C18H30N2/c1-3-5-16-6-4-12-20(13-10-16)18-8-7-17(9-11-19)14-15(18)2/h7-8,14,16H,3-6,9-13,19H2,1-2H3. The Morgan fingerprint density at radius 2 is 2.10 bits per heavy atom. The van der Waals surface area contributed by atoms with E-state index < -0.39 is 0 Å². The molecular weight excluding hydrogens is 244 g/mol. The molecule has 1 unspecified atom stereocenters. The minimum Gasteiger partial charge on any atom is -0.371 e. The summed E-state index contributed by atoms with van der Waals surface area (Å²) in [5.41, 5.74) is 9.85. The average molecular weight is 274 g/mol. The van der Waals surface area contributed by atoms with Crippen molar-refractivity contribution < 1.29 is 0 Å². The van der Waals surface area contributed by atoms with Crippen LogP contribution < -0.4 is 10.6 Å². The lowest BCUT2D eigenvalue weighted by atomic mass is 9.96. The zero-order valence-corrected chi connectivity index (χ0v) is 13.2. The van der Waals surface area contributed by atoms with Crippen molar-refractivity contribution in [1.29, 1.82) is 0 Å². The highest BCUT2D eigenvalue weighted by Crippen LogP contribution is 2.28. The summed E-state index contributed by atoms with van der Waals surface area (Å²) in [5, 5.41) is 0. The van der Waals surface area contributed by atoms with E-state index >= 15 is 0 Å². The predicted octanol–water partition coefficient (Wildman–Crippen LogP) is 3.90. The number of nitrogens with zero attached hydrogens (tertiary/aromatic N) is 1. The fourth-order valence-electron chi connectivity index (χ4n) is 3.50. The summed E-state index contributed by atoms with van der Waals surface area (Å²) in [4.78, 5) is 2.59. The first-order valence-corrected chi connectivity index (χ1v) is 8.29. The van der Waals surface area contributed by atoms with Crippen LogP contribution >= 0.6 is 0 Å². The highest BCUT2D eigenvalue weighted by atomic mass is 15.1. The second-order valence-corrected chi connectivity index (χ2v) is 6.23. The van der Waals surface area contributed by atoms with Crippen LogP contribution in [0.25, 0.3) is 0 Å². The molecule has 1 aliphatic rings. The van der Waals surface area contributed by atoms with Crippen molar-refractivity contribution >= 4 is 5.69 Å².